The zero-order chi connectivity index (χ0) is 14.1. The number of carbonyl (C=O) groups excluding carboxylic acids is 1. The number of ether oxygens (including phenoxy) is 1. The van der Waals surface area contributed by atoms with E-state index >= 15 is 0 Å². The van der Waals surface area contributed by atoms with Crippen LogP contribution >= 0.6 is 0 Å². The van der Waals surface area contributed by atoms with Crippen molar-refractivity contribution in [2.24, 2.45) is 16.7 Å². The fourth-order valence-corrected chi connectivity index (χ4v) is 4.22. The van der Waals surface area contributed by atoms with Crippen LogP contribution in [0.15, 0.2) is 0 Å². The number of carbonyl (C=O) groups is 1. The van der Waals surface area contributed by atoms with Crippen LogP contribution in [0.2, 0.25) is 0 Å². The van der Waals surface area contributed by atoms with Crippen LogP contribution in [0.4, 0.5) is 0 Å². The van der Waals surface area contributed by atoms with Gasteiger partial charge in [-0.25, -0.2) is 0 Å². The highest BCUT2D eigenvalue weighted by atomic mass is 16.5. The van der Waals surface area contributed by atoms with E-state index in [0.717, 1.165) is 25.2 Å². The molecule has 0 aliphatic heterocycles. The Morgan fingerprint density at radius 1 is 1.21 bits per heavy atom. The van der Waals surface area contributed by atoms with Crippen molar-refractivity contribution in [3.63, 3.8) is 0 Å². The molecule has 2 bridgehead atoms. The third-order valence-corrected chi connectivity index (χ3v) is 6.22. The first-order valence-electron chi connectivity index (χ1n) is 8.11. The van der Waals surface area contributed by atoms with Crippen LogP contribution in [-0.2, 0) is 9.53 Å². The van der Waals surface area contributed by atoms with E-state index < -0.39 is 0 Å². The lowest BCUT2D eigenvalue weighted by molar-refractivity contribution is -0.157. The molecular weight excluding hydrogens is 236 g/mol. The molecule has 110 valence electrons. The number of fused-ring (bicyclic) bond motifs is 2. The Morgan fingerprint density at radius 2 is 1.95 bits per heavy atom. The standard InChI is InChI=1S/C17H30O2/c1-5-6-7-8-9-15(18)19-14-12-13-10-11-17(14,4)16(13,2)3/h13-14H,5-12H2,1-4H3. The predicted molar refractivity (Wildman–Crippen MR) is 77.9 cm³/mol. The van der Waals surface area contributed by atoms with Crippen LogP contribution in [0, 0.1) is 16.7 Å². The minimum Gasteiger partial charge on any atom is -0.462 e. The number of hydrogen-bond acceptors (Lipinski definition) is 2. The van der Waals surface area contributed by atoms with Crippen LogP contribution < -0.4 is 0 Å². The largest absolute Gasteiger partial charge is 0.462 e. The summed E-state index contributed by atoms with van der Waals surface area (Å²) in [6.45, 7) is 9.24. The Hall–Kier alpha value is -0.530. The van der Waals surface area contributed by atoms with E-state index in [2.05, 4.69) is 27.7 Å². The Balaban J connectivity index is 1.83. The molecule has 0 heterocycles. The van der Waals surface area contributed by atoms with Gasteiger partial charge in [-0.2, -0.15) is 0 Å². The molecule has 2 fully saturated rings. The molecule has 0 N–H and O–H groups in total. The van der Waals surface area contributed by atoms with Gasteiger partial charge < -0.3 is 4.74 Å². The quantitative estimate of drug-likeness (QED) is 0.514. The molecule has 2 aliphatic carbocycles. The summed E-state index contributed by atoms with van der Waals surface area (Å²) in [5, 5.41) is 0. The molecule has 0 amide bonds. The van der Waals surface area contributed by atoms with Gasteiger partial charge in [-0.3, -0.25) is 4.79 Å². The first kappa shape index (κ1) is 14.9. The van der Waals surface area contributed by atoms with Crippen molar-refractivity contribution >= 4 is 5.97 Å². The molecule has 2 saturated carbocycles. The molecule has 19 heavy (non-hydrogen) atoms. The Labute approximate surface area is 118 Å². The van der Waals surface area contributed by atoms with Gasteiger partial charge in [0.2, 0.25) is 0 Å². The Kier molecular flexibility index (Phi) is 4.27. The summed E-state index contributed by atoms with van der Waals surface area (Å²) in [7, 11) is 0. The van der Waals surface area contributed by atoms with E-state index in [9.17, 15) is 4.79 Å². The maximum atomic E-state index is 12.0. The smallest absolute Gasteiger partial charge is 0.306 e. The van der Waals surface area contributed by atoms with Crippen molar-refractivity contribution in [2.75, 3.05) is 0 Å². The van der Waals surface area contributed by atoms with Gasteiger partial charge in [0, 0.05) is 11.8 Å². The van der Waals surface area contributed by atoms with Crippen LogP contribution in [0.3, 0.4) is 0 Å². The predicted octanol–water partition coefficient (Wildman–Crippen LogP) is 4.71. The number of hydrogen-bond donors (Lipinski definition) is 0. The first-order valence-corrected chi connectivity index (χ1v) is 8.11. The van der Waals surface area contributed by atoms with Gasteiger partial charge in [-0.1, -0.05) is 47.0 Å². The zero-order valence-corrected chi connectivity index (χ0v) is 13.1. The summed E-state index contributed by atoms with van der Waals surface area (Å²) in [6, 6.07) is 0. The second-order valence-electron chi connectivity index (χ2n) is 7.40. The Bertz CT molecular complexity index is 334. The van der Waals surface area contributed by atoms with Gasteiger partial charge in [0.25, 0.3) is 0 Å². The van der Waals surface area contributed by atoms with Crippen LogP contribution in [0.25, 0.3) is 0 Å². The molecule has 0 spiro atoms. The van der Waals surface area contributed by atoms with Gasteiger partial charge in [-0.05, 0) is 37.0 Å². The van der Waals surface area contributed by atoms with Crippen molar-refractivity contribution in [1.29, 1.82) is 0 Å². The van der Waals surface area contributed by atoms with E-state index in [-0.39, 0.29) is 17.5 Å². The minimum atomic E-state index is 0.0330. The van der Waals surface area contributed by atoms with E-state index in [1.54, 1.807) is 0 Å². The van der Waals surface area contributed by atoms with Gasteiger partial charge in [0.05, 0.1) is 0 Å². The first-order chi connectivity index (χ1) is 8.91. The highest BCUT2D eigenvalue weighted by Crippen LogP contribution is 2.66. The van der Waals surface area contributed by atoms with Crippen LogP contribution in [0.1, 0.15) is 79.1 Å². The molecular formula is C17H30O2. The summed E-state index contributed by atoms with van der Waals surface area (Å²) in [5.74, 6) is 0.779. The van der Waals surface area contributed by atoms with Gasteiger partial charge in [0.15, 0.2) is 0 Å². The normalized spacial score (nSPS) is 35.6. The van der Waals surface area contributed by atoms with Crippen molar-refractivity contribution in [3.8, 4) is 0 Å². The third-order valence-electron chi connectivity index (χ3n) is 6.22. The molecule has 2 nitrogen and oxygen atoms in total. The van der Waals surface area contributed by atoms with E-state index in [4.69, 9.17) is 4.74 Å². The highest BCUT2D eigenvalue weighted by molar-refractivity contribution is 5.69. The average Bonchev–Trinajstić information content (AvgIpc) is 2.68. The molecule has 0 aromatic carbocycles. The maximum absolute atomic E-state index is 12.0. The molecule has 0 radical (unpaired) electrons. The SMILES string of the molecule is CCCCCCC(=O)OC1CC2CCC1(C)C2(C)C. The summed E-state index contributed by atoms with van der Waals surface area (Å²) in [5.41, 5.74) is 0.539. The summed E-state index contributed by atoms with van der Waals surface area (Å²) in [4.78, 5) is 12.0. The third kappa shape index (κ3) is 2.55. The average molecular weight is 266 g/mol. The summed E-state index contributed by atoms with van der Waals surface area (Å²) >= 11 is 0. The van der Waals surface area contributed by atoms with Gasteiger partial charge in [0.1, 0.15) is 6.10 Å². The highest BCUT2D eigenvalue weighted by Gasteiger charge is 2.62. The molecule has 0 aromatic rings. The van der Waals surface area contributed by atoms with Crippen molar-refractivity contribution in [1.82, 2.24) is 0 Å². The second kappa shape index (κ2) is 5.46. The fraction of sp³-hybridized carbons (Fsp3) is 0.941. The molecule has 2 aliphatic rings. The topological polar surface area (TPSA) is 26.3 Å². The number of esters is 1. The van der Waals surface area contributed by atoms with Gasteiger partial charge in [-0.15, -0.1) is 0 Å². The van der Waals surface area contributed by atoms with E-state index in [0.29, 0.717) is 11.8 Å². The molecule has 0 saturated heterocycles. The van der Waals surface area contributed by atoms with Gasteiger partial charge >= 0.3 is 5.97 Å². The van der Waals surface area contributed by atoms with Crippen molar-refractivity contribution in [3.05, 3.63) is 0 Å². The maximum Gasteiger partial charge on any atom is 0.306 e. The van der Waals surface area contributed by atoms with E-state index in [1.165, 1.54) is 25.7 Å². The second-order valence-corrected chi connectivity index (χ2v) is 7.40. The summed E-state index contributed by atoms with van der Waals surface area (Å²) in [6.07, 6.45) is 8.98. The molecule has 3 unspecified atom stereocenters. The van der Waals surface area contributed by atoms with E-state index in [1.807, 2.05) is 0 Å². The molecule has 2 rings (SSSR count). The summed E-state index contributed by atoms with van der Waals surface area (Å²) < 4.78 is 5.83. The lowest BCUT2D eigenvalue weighted by atomic mass is 9.70. The monoisotopic (exact) mass is 266 g/mol. The Morgan fingerprint density at radius 3 is 2.47 bits per heavy atom. The molecule has 2 heteroatoms. The lowest BCUT2D eigenvalue weighted by Gasteiger charge is -2.38. The van der Waals surface area contributed by atoms with Crippen LogP contribution in [0.5, 0.6) is 0 Å². The lowest BCUT2D eigenvalue weighted by Crippen LogP contribution is -2.38. The van der Waals surface area contributed by atoms with Crippen molar-refractivity contribution < 1.29 is 9.53 Å². The molecule has 0 aromatic heterocycles. The number of rotatable bonds is 6. The zero-order valence-electron chi connectivity index (χ0n) is 13.1. The minimum absolute atomic E-state index is 0.0330. The number of unbranched alkanes of at least 4 members (excludes halogenated alkanes) is 3. The van der Waals surface area contributed by atoms with Crippen molar-refractivity contribution in [2.45, 2.75) is 85.2 Å². The van der Waals surface area contributed by atoms with Crippen LogP contribution in [-0.4, -0.2) is 12.1 Å². The molecule has 3 atom stereocenters. The fourth-order valence-electron chi connectivity index (χ4n) is 4.22.